The van der Waals surface area contributed by atoms with Crippen LogP contribution in [0.5, 0.6) is 11.5 Å². The lowest BCUT2D eigenvalue weighted by Crippen LogP contribution is -2.56. The topological polar surface area (TPSA) is 110 Å². The normalized spacial score (nSPS) is 17.5. The first-order valence-electron chi connectivity index (χ1n) is 13.6. The number of fused-ring (bicyclic) bond motifs is 3. The van der Waals surface area contributed by atoms with Gasteiger partial charge in [-0.1, -0.05) is 17.7 Å². The number of hydrogen-bond acceptors (Lipinski definition) is 7. The maximum Gasteiger partial charge on any atom is 0.326 e. The van der Waals surface area contributed by atoms with E-state index in [9.17, 15) is 9.59 Å². The van der Waals surface area contributed by atoms with Crippen molar-refractivity contribution in [3.8, 4) is 11.5 Å². The van der Waals surface area contributed by atoms with Gasteiger partial charge in [-0.05, 0) is 68.5 Å². The van der Waals surface area contributed by atoms with E-state index < -0.39 is 5.91 Å². The van der Waals surface area contributed by atoms with Crippen LogP contribution in [0.15, 0.2) is 46.1 Å². The van der Waals surface area contributed by atoms with Crippen molar-refractivity contribution in [2.75, 3.05) is 33.4 Å². The van der Waals surface area contributed by atoms with Gasteiger partial charge in [-0.25, -0.2) is 14.8 Å². The molecule has 0 aliphatic carbocycles. The number of aryl methyl sites for hydroxylation is 3. The van der Waals surface area contributed by atoms with E-state index in [1.54, 1.807) is 12.0 Å². The molecule has 0 saturated carbocycles. The van der Waals surface area contributed by atoms with E-state index in [1.807, 2.05) is 37.8 Å². The maximum absolute atomic E-state index is 14.0. The molecule has 40 heavy (non-hydrogen) atoms. The molecule has 3 amide bonds. The molecule has 10 heteroatoms. The number of carbonyl (C=O) groups excluding carboxylic acids is 2. The molecule has 0 bridgehead atoms. The highest BCUT2D eigenvalue weighted by molar-refractivity contribution is 6.02. The largest absolute Gasteiger partial charge is 0.493 e. The number of nitrogens with one attached hydrogen (secondary N) is 1. The number of amides is 3. The van der Waals surface area contributed by atoms with Gasteiger partial charge in [-0.3, -0.25) is 9.69 Å². The number of rotatable bonds is 8. The molecule has 3 heterocycles. The summed E-state index contributed by atoms with van der Waals surface area (Å²) in [5.41, 5.74) is 6.30. The van der Waals surface area contributed by atoms with Crippen LogP contribution < -0.4 is 14.8 Å². The number of aliphatic imine (C=N–C) groups is 1. The predicted molar refractivity (Wildman–Crippen MR) is 151 cm³/mol. The summed E-state index contributed by atoms with van der Waals surface area (Å²) in [5.74, 6) is 1.57. The predicted octanol–water partition coefficient (Wildman–Crippen LogP) is 4.89. The number of methoxy groups -OCH3 is 1. The molecule has 1 saturated heterocycles. The van der Waals surface area contributed by atoms with Crippen LogP contribution >= 0.6 is 0 Å². The van der Waals surface area contributed by atoms with Crippen molar-refractivity contribution in [3.05, 3.63) is 70.4 Å². The van der Waals surface area contributed by atoms with E-state index in [0.717, 1.165) is 33.5 Å². The number of urea groups is 1. The smallest absolute Gasteiger partial charge is 0.326 e. The average molecular weight is 546 g/mol. The number of amidine groups is 1. The minimum Gasteiger partial charge on any atom is -0.493 e. The van der Waals surface area contributed by atoms with Crippen molar-refractivity contribution in [2.45, 2.75) is 46.6 Å². The standard InChI is InChI=1S/C30H35N5O5/c1-6-39-25-15-21-7-10-34-23(22(21)16-24(25)38-5)17-26(33-27-19(3)13-18(2)14-20(27)4)35(30(34)37)11-8-31-28(36)29-32-9-12-40-29/h9,12-16,23H,6-8,10-11,17H2,1-5H3,(H,31,36). The highest BCUT2D eigenvalue weighted by Gasteiger charge is 2.41. The second kappa shape index (κ2) is 11.4. The van der Waals surface area contributed by atoms with Gasteiger partial charge in [0.25, 0.3) is 5.89 Å². The minimum absolute atomic E-state index is 0.0159. The highest BCUT2D eigenvalue weighted by atomic mass is 16.5. The van der Waals surface area contributed by atoms with Gasteiger partial charge >= 0.3 is 11.9 Å². The summed E-state index contributed by atoms with van der Waals surface area (Å²) < 4.78 is 16.5. The molecule has 1 aromatic heterocycles. The lowest BCUT2D eigenvalue weighted by Gasteiger charge is -2.45. The highest BCUT2D eigenvalue weighted by Crippen LogP contribution is 2.42. The zero-order valence-corrected chi connectivity index (χ0v) is 23.6. The summed E-state index contributed by atoms with van der Waals surface area (Å²) in [4.78, 5) is 38.9. The molecule has 1 fully saturated rings. The van der Waals surface area contributed by atoms with Crippen molar-refractivity contribution >= 4 is 23.5 Å². The van der Waals surface area contributed by atoms with Crippen LogP contribution in [0.1, 0.15) is 57.9 Å². The molecule has 2 aliphatic heterocycles. The fourth-order valence-electron chi connectivity index (χ4n) is 5.64. The SMILES string of the molecule is CCOc1cc2c(cc1OC)C1CC(=Nc3c(C)cc(C)cc3C)N(CCNC(=O)c3ncco3)C(=O)N1CC2. The van der Waals surface area contributed by atoms with Crippen molar-refractivity contribution in [2.24, 2.45) is 4.99 Å². The Hall–Kier alpha value is -4.34. The summed E-state index contributed by atoms with van der Waals surface area (Å²) in [6.45, 7) is 9.67. The molecular weight excluding hydrogens is 510 g/mol. The fourth-order valence-corrected chi connectivity index (χ4v) is 5.64. The Labute approximate surface area is 234 Å². The van der Waals surface area contributed by atoms with Gasteiger partial charge in [-0.2, -0.15) is 0 Å². The molecule has 210 valence electrons. The van der Waals surface area contributed by atoms with Crippen molar-refractivity contribution in [3.63, 3.8) is 0 Å². The molecule has 0 radical (unpaired) electrons. The molecule has 2 aromatic carbocycles. The monoisotopic (exact) mass is 545 g/mol. The van der Waals surface area contributed by atoms with Crippen LogP contribution in [0.25, 0.3) is 0 Å². The van der Waals surface area contributed by atoms with Crippen LogP contribution in [-0.2, 0) is 6.42 Å². The number of nitrogens with zero attached hydrogens (tertiary/aromatic N) is 4. The maximum atomic E-state index is 14.0. The van der Waals surface area contributed by atoms with Crippen LogP contribution in [0.4, 0.5) is 10.5 Å². The first kappa shape index (κ1) is 27.2. The molecule has 5 rings (SSSR count). The Kier molecular flexibility index (Phi) is 7.77. The number of aromatic nitrogens is 1. The van der Waals surface area contributed by atoms with Gasteiger partial charge in [0.2, 0.25) is 0 Å². The summed E-state index contributed by atoms with van der Waals surface area (Å²) in [7, 11) is 1.63. The van der Waals surface area contributed by atoms with Crippen LogP contribution in [0, 0.1) is 20.8 Å². The van der Waals surface area contributed by atoms with E-state index in [-0.39, 0.29) is 31.1 Å². The number of benzene rings is 2. The molecule has 3 aromatic rings. The molecule has 1 atom stereocenters. The second-order valence-corrected chi connectivity index (χ2v) is 10.1. The van der Waals surface area contributed by atoms with Crippen LogP contribution in [-0.4, -0.2) is 65.9 Å². The first-order valence-corrected chi connectivity index (χ1v) is 13.6. The molecule has 10 nitrogen and oxygen atoms in total. The molecular formula is C30H35N5O5. The Morgan fingerprint density at radius 2 is 1.95 bits per heavy atom. The minimum atomic E-state index is -0.430. The average Bonchev–Trinajstić information content (AvgIpc) is 3.47. The van der Waals surface area contributed by atoms with E-state index in [0.29, 0.717) is 43.3 Å². The van der Waals surface area contributed by atoms with Gasteiger partial charge in [-0.15, -0.1) is 0 Å². The van der Waals surface area contributed by atoms with Crippen molar-refractivity contribution < 1.29 is 23.5 Å². The molecule has 1 unspecified atom stereocenters. The third kappa shape index (κ3) is 5.25. The van der Waals surface area contributed by atoms with Crippen LogP contribution in [0.2, 0.25) is 0 Å². The number of ether oxygens (including phenoxy) is 2. The fraction of sp³-hybridized carbons (Fsp3) is 0.400. The van der Waals surface area contributed by atoms with E-state index in [1.165, 1.54) is 12.5 Å². The Morgan fingerprint density at radius 3 is 2.62 bits per heavy atom. The van der Waals surface area contributed by atoms with E-state index in [2.05, 4.69) is 29.4 Å². The first-order chi connectivity index (χ1) is 19.3. The molecule has 2 aliphatic rings. The molecule has 0 spiro atoms. The summed E-state index contributed by atoms with van der Waals surface area (Å²) in [6, 6.07) is 7.90. The van der Waals surface area contributed by atoms with E-state index >= 15 is 0 Å². The number of carbonyl (C=O) groups is 2. The lowest BCUT2D eigenvalue weighted by atomic mass is 9.88. The zero-order chi connectivity index (χ0) is 28.4. The van der Waals surface area contributed by atoms with Gasteiger partial charge in [0.15, 0.2) is 11.5 Å². The summed E-state index contributed by atoms with van der Waals surface area (Å²) >= 11 is 0. The zero-order valence-electron chi connectivity index (χ0n) is 23.6. The van der Waals surface area contributed by atoms with Gasteiger partial charge in [0, 0.05) is 26.1 Å². The lowest BCUT2D eigenvalue weighted by molar-refractivity contribution is 0.0912. The number of oxazole rings is 1. The second-order valence-electron chi connectivity index (χ2n) is 10.1. The van der Waals surface area contributed by atoms with E-state index in [4.69, 9.17) is 18.9 Å². The Balaban J connectivity index is 1.49. The number of hydrogen-bond donors (Lipinski definition) is 1. The van der Waals surface area contributed by atoms with Gasteiger partial charge in [0.05, 0.1) is 31.6 Å². The van der Waals surface area contributed by atoms with Crippen molar-refractivity contribution in [1.29, 1.82) is 0 Å². The Bertz CT molecular complexity index is 1430. The summed E-state index contributed by atoms with van der Waals surface area (Å²) in [5, 5.41) is 2.80. The van der Waals surface area contributed by atoms with Crippen molar-refractivity contribution in [1.82, 2.24) is 20.1 Å². The van der Waals surface area contributed by atoms with Crippen LogP contribution in [0.3, 0.4) is 0 Å². The summed E-state index contributed by atoms with van der Waals surface area (Å²) in [6.07, 6.45) is 4.00. The third-order valence-electron chi connectivity index (χ3n) is 7.37. The van der Waals surface area contributed by atoms with Gasteiger partial charge in [0.1, 0.15) is 12.1 Å². The molecule has 1 N–H and O–H groups in total. The third-order valence-corrected chi connectivity index (χ3v) is 7.37. The quantitative estimate of drug-likeness (QED) is 0.432. The van der Waals surface area contributed by atoms with Gasteiger partial charge < -0.3 is 24.1 Å². The Morgan fingerprint density at radius 1 is 1.18 bits per heavy atom.